The first-order valence-corrected chi connectivity index (χ1v) is 12.5. The van der Waals surface area contributed by atoms with E-state index in [9.17, 15) is 22.4 Å². The van der Waals surface area contributed by atoms with Crippen LogP contribution in [0.25, 0.3) is 10.9 Å². The van der Waals surface area contributed by atoms with E-state index in [2.05, 4.69) is 15.7 Å². The normalized spacial score (nSPS) is 18.0. The first-order valence-electron chi connectivity index (χ1n) is 10.8. The van der Waals surface area contributed by atoms with Crippen LogP contribution in [0.1, 0.15) is 31.3 Å². The second kappa shape index (κ2) is 10.3. The third-order valence-electron chi connectivity index (χ3n) is 5.29. The molecule has 4 N–H and O–H groups in total. The number of primary sulfonamides is 1. The number of carbonyl (C=O) groups excluding carboxylic acids is 2. The van der Waals surface area contributed by atoms with Gasteiger partial charge in [-0.1, -0.05) is 32.9 Å². The molecule has 1 aromatic carbocycles. The number of amides is 2. The molecular formula is C21H30FN5O6S. The molecule has 0 bridgehead atoms. The molecule has 0 spiro atoms. The molecule has 2 aromatic rings. The zero-order chi connectivity index (χ0) is 25.1. The summed E-state index contributed by atoms with van der Waals surface area (Å²) in [5.74, 6) is -2.23. The second-order valence-corrected chi connectivity index (χ2v) is 10.9. The lowest BCUT2D eigenvalue weighted by Crippen LogP contribution is -2.54. The van der Waals surface area contributed by atoms with Crippen LogP contribution in [0.3, 0.4) is 0 Å². The zero-order valence-corrected chi connectivity index (χ0v) is 20.2. The Hall–Kier alpha value is -2.61. The van der Waals surface area contributed by atoms with Gasteiger partial charge in [0.15, 0.2) is 5.69 Å². The van der Waals surface area contributed by atoms with Gasteiger partial charge in [-0.15, -0.1) is 0 Å². The molecule has 13 heteroatoms. The molecule has 11 nitrogen and oxygen atoms in total. The van der Waals surface area contributed by atoms with Gasteiger partial charge in [-0.2, -0.15) is 5.10 Å². The number of carbonyl (C=O) groups is 2. The van der Waals surface area contributed by atoms with Crippen molar-refractivity contribution < 1.29 is 31.9 Å². The van der Waals surface area contributed by atoms with Crippen molar-refractivity contribution in [3.8, 4) is 0 Å². The van der Waals surface area contributed by atoms with Gasteiger partial charge in [0.05, 0.1) is 32.1 Å². The third kappa shape index (κ3) is 6.50. The Kier molecular flexibility index (Phi) is 7.91. The van der Waals surface area contributed by atoms with Gasteiger partial charge in [-0.3, -0.25) is 14.3 Å². The van der Waals surface area contributed by atoms with E-state index in [-0.39, 0.29) is 35.8 Å². The van der Waals surface area contributed by atoms with Crippen LogP contribution in [0.4, 0.5) is 4.39 Å². The van der Waals surface area contributed by atoms with E-state index in [1.807, 2.05) is 0 Å². The lowest BCUT2D eigenvalue weighted by Gasteiger charge is -2.30. The highest BCUT2D eigenvalue weighted by Gasteiger charge is 2.34. The van der Waals surface area contributed by atoms with Gasteiger partial charge in [-0.25, -0.2) is 17.9 Å². The van der Waals surface area contributed by atoms with Gasteiger partial charge in [0.1, 0.15) is 23.5 Å². The number of nitrogens with two attached hydrogens (primary N) is 1. The Labute approximate surface area is 197 Å². The molecule has 188 valence electrons. The maximum atomic E-state index is 14.7. The highest BCUT2D eigenvalue weighted by Crippen LogP contribution is 2.24. The number of para-hydroxylation sites is 1. The third-order valence-corrected chi connectivity index (χ3v) is 6.06. The number of halogens is 1. The van der Waals surface area contributed by atoms with Crippen LogP contribution >= 0.6 is 0 Å². The van der Waals surface area contributed by atoms with Gasteiger partial charge in [0.2, 0.25) is 15.9 Å². The van der Waals surface area contributed by atoms with E-state index in [1.54, 1.807) is 26.8 Å². The minimum absolute atomic E-state index is 0.0437. The molecule has 1 fully saturated rings. The Bertz CT molecular complexity index is 1150. The molecule has 0 radical (unpaired) electrons. The van der Waals surface area contributed by atoms with E-state index >= 15 is 0 Å². The van der Waals surface area contributed by atoms with E-state index in [4.69, 9.17) is 14.6 Å². The molecule has 2 amide bonds. The van der Waals surface area contributed by atoms with E-state index in [0.717, 1.165) is 0 Å². The van der Waals surface area contributed by atoms with Crippen LogP contribution < -0.4 is 15.8 Å². The molecule has 1 saturated heterocycles. The van der Waals surface area contributed by atoms with Gasteiger partial charge < -0.3 is 20.1 Å². The monoisotopic (exact) mass is 499 g/mol. The van der Waals surface area contributed by atoms with E-state index in [0.29, 0.717) is 19.8 Å². The number of aromatic nitrogens is 2. The van der Waals surface area contributed by atoms with Gasteiger partial charge >= 0.3 is 0 Å². The topological polar surface area (TPSA) is 155 Å². The lowest BCUT2D eigenvalue weighted by molar-refractivity contribution is -0.125. The molecule has 1 aliphatic heterocycles. The lowest BCUT2D eigenvalue weighted by atomic mass is 9.86. The summed E-state index contributed by atoms with van der Waals surface area (Å²) in [7, 11) is -3.75. The standard InChI is InChI=1S/C21H30FN5O6S/c1-21(2,3)18(20(29)24-7-10-34(23,30)31)25-19(28)16-14-5-4-6-15(22)17(14)27(26-16)11-13-12-32-8-9-33-13/h4-6,13,18H,7-12H2,1-3H3,(H,24,29)(H,25,28)(H2,23,30,31)/t13-,18?/m0/s1. The highest BCUT2D eigenvalue weighted by molar-refractivity contribution is 7.89. The average Bonchev–Trinajstić information content (AvgIpc) is 3.10. The highest BCUT2D eigenvalue weighted by atomic mass is 32.2. The fourth-order valence-corrected chi connectivity index (χ4v) is 4.01. The van der Waals surface area contributed by atoms with Crippen LogP contribution in [0.2, 0.25) is 0 Å². The first kappa shape index (κ1) is 26.0. The summed E-state index contributed by atoms with van der Waals surface area (Å²) in [4.78, 5) is 26.0. The maximum Gasteiger partial charge on any atom is 0.273 e. The van der Waals surface area contributed by atoms with E-state index < -0.39 is 44.9 Å². The van der Waals surface area contributed by atoms with E-state index in [1.165, 1.54) is 16.8 Å². The summed E-state index contributed by atoms with van der Waals surface area (Å²) in [6.07, 6.45) is -0.348. The summed E-state index contributed by atoms with van der Waals surface area (Å²) in [6.45, 7) is 6.42. The molecule has 1 aromatic heterocycles. The summed E-state index contributed by atoms with van der Waals surface area (Å²) in [5, 5.41) is 14.7. The number of rotatable bonds is 8. The Morgan fingerprint density at radius 3 is 2.68 bits per heavy atom. The van der Waals surface area contributed by atoms with Crippen molar-refractivity contribution in [3.05, 3.63) is 29.7 Å². The van der Waals surface area contributed by atoms with Gasteiger partial charge in [0.25, 0.3) is 5.91 Å². The largest absolute Gasteiger partial charge is 0.376 e. The fourth-order valence-electron chi connectivity index (χ4n) is 3.62. The Morgan fingerprint density at radius 1 is 1.32 bits per heavy atom. The number of benzene rings is 1. The van der Waals surface area contributed by atoms with Crippen molar-refractivity contribution in [2.24, 2.45) is 10.6 Å². The molecule has 3 rings (SSSR count). The molecule has 2 heterocycles. The SMILES string of the molecule is CC(C)(C)C(NC(=O)c1nn(C[C@H]2COCCO2)c2c(F)cccc12)C(=O)NCCS(N)(=O)=O. The number of fused-ring (bicyclic) bond motifs is 1. The van der Waals surface area contributed by atoms with Crippen LogP contribution in [-0.4, -0.2) is 74.3 Å². The van der Waals surface area contributed by atoms with Crippen molar-refractivity contribution in [3.63, 3.8) is 0 Å². The Morgan fingerprint density at radius 2 is 2.06 bits per heavy atom. The second-order valence-electron chi connectivity index (χ2n) is 9.16. The molecule has 2 atom stereocenters. The predicted molar refractivity (Wildman–Crippen MR) is 122 cm³/mol. The average molecular weight is 500 g/mol. The van der Waals surface area contributed by atoms with Crippen LogP contribution in [0.15, 0.2) is 18.2 Å². The quantitative estimate of drug-likeness (QED) is 0.467. The number of hydrogen-bond donors (Lipinski definition) is 3. The number of nitrogens with zero attached hydrogens (tertiary/aromatic N) is 2. The summed E-state index contributed by atoms with van der Waals surface area (Å²) < 4.78 is 49.4. The summed E-state index contributed by atoms with van der Waals surface area (Å²) >= 11 is 0. The smallest absolute Gasteiger partial charge is 0.273 e. The van der Waals surface area contributed by atoms with Crippen molar-refractivity contribution in [2.45, 2.75) is 39.5 Å². The molecule has 1 aliphatic rings. The van der Waals surface area contributed by atoms with Crippen molar-refractivity contribution in [1.82, 2.24) is 20.4 Å². The van der Waals surface area contributed by atoms with Gasteiger partial charge in [-0.05, 0) is 11.5 Å². The first-order chi connectivity index (χ1) is 15.9. The zero-order valence-electron chi connectivity index (χ0n) is 19.3. The minimum Gasteiger partial charge on any atom is -0.376 e. The number of ether oxygens (including phenoxy) is 2. The summed E-state index contributed by atoms with van der Waals surface area (Å²) in [5.41, 5.74) is -0.623. The molecule has 34 heavy (non-hydrogen) atoms. The predicted octanol–water partition coefficient (Wildman–Crippen LogP) is 0.140. The number of nitrogens with one attached hydrogen (secondary N) is 2. The van der Waals surface area contributed by atoms with Crippen molar-refractivity contribution in [1.29, 1.82) is 0 Å². The van der Waals surface area contributed by atoms with Crippen molar-refractivity contribution >= 4 is 32.7 Å². The number of sulfonamides is 1. The van der Waals surface area contributed by atoms with Gasteiger partial charge in [0, 0.05) is 11.9 Å². The van der Waals surface area contributed by atoms with Crippen molar-refractivity contribution in [2.75, 3.05) is 32.1 Å². The molecule has 1 unspecified atom stereocenters. The van der Waals surface area contributed by atoms with Crippen LogP contribution in [-0.2, 0) is 30.8 Å². The van der Waals surface area contributed by atoms with Crippen LogP contribution in [0, 0.1) is 11.2 Å². The number of hydrogen-bond acceptors (Lipinski definition) is 7. The summed E-state index contributed by atoms with van der Waals surface area (Å²) in [6, 6.07) is 3.30. The molecule has 0 aliphatic carbocycles. The molecular weight excluding hydrogens is 469 g/mol. The maximum absolute atomic E-state index is 14.7. The Balaban J connectivity index is 1.85. The molecule has 0 saturated carbocycles. The van der Waals surface area contributed by atoms with Crippen LogP contribution in [0.5, 0.6) is 0 Å². The minimum atomic E-state index is -3.75. The fraction of sp³-hybridized carbons (Fsp3) is 0.571.